The van der Waals surface area contributed by atoms with Crippen LogP contribution < -0.4 is 20.1 Å². The van der Waals surface area contributed by atoms with E-state index in [0.717, 1.165) is 21.8 Å². The van der Waals surface area contributed by atoms with Crippen LogP contribution in [0.1, 0.15) is 24.0 Å². The molecule has 0 radical (unpaired) electrons. The highest BCUT2D eigenvalue weighted by atomic mass is 32.2. The standard InChI is InChI=1S/C24H25N3O3S/c1-14-8-6-7-9-18(14)27-23(28)21-15(2)26-24(31-5)17(13-25)22(21)16-10-11-19(29-3)20(12-16)30-4/h6-12,22,26H,1-5H3,(H,27,28). The molecule has 1 unspecified atom stereocenters. The summed E-state index contributed by atoms with van der Waals surface area (Å²) in [5.74, 6) is 0.321. The molecule has 160 valence electrons. The van der Waals surface area contributed by atoms with Gasteiger partial charge in [0.05, 0.1) is 36.8 Å². The van der Waals surface area contributed by atoms with Gasteiger partial charge in [0.2, 0.25) is 0 Å². The van der Waals surface area contributed by atoms with Crippen molar-refractivity contribution in [3.63, 3.8) is 0 Å². The van der Waals surface area contributed by atoms with E-state index in [2.05, 4.69) is 16.7 Å². The predicted molar refractivity (Wildman–Crippen MR) is 124 cm³/mol. The largest absolute Gasteiger partial charge is 0.493 e. The summed E-state index contributed by atoms with van der Waals surface area (Å²) < 4.78 is 10.8. The summed E-state index contributed by atoms with van der Waals surface area (Å²) in [6, 6.07) is 15.4. The number of dihydropyridines is 1. The number of hydrogen-bond acceptors (Lipinski definition) is 6. The van der Waals surface area contributed by atoms with Gasteiger partial charge in [-0.25, -0.2) is 0 Å². The van der Waals surface area contributed by atoms with Gasteiger partial charge in [0, 0.05) is 17.0 Å². The summed E-state index contributed by atoms with van der Waals surface area (Å²) >= 11 is 1.44. The first-order valence-corrected chi connectivity index (χ1v) is 10.9. The van der Waals surface area contributed by atoms with E-state index in [9.17, 15) is 10.1 Å². The van der Waals surface area contributed by atoms with Gasteiger partial charge in [-0.15, -0.1) is 11.8 Å². The molecule has 0 aromatic heterocycles. The van der Waals surface area contributed by atoms with Gasteiger partial charge in [-0.3, -0.25) is 4.79 Å². The first kappa shape index (κ1) is 22.3. The number of thioether (sulfide) groups is 1. The van der Waals surface area contributed by atoms with Crippen molar-refractivity contribution in [3.05, 3.63) is 75.5 Å². The number of nitrogens with zero attached hydrogens (tertiary/aromatic N) is 1. The van der Waals surface area contributed by atoms with Crippen molar-refractivity contribution in [1.82, 2.24) is 5.32 Å². The molecule has 2 aromatic rings. The van der Waals surface area contributed by atoms with Crippen LogP contribution in [-0.2, 0) is 4.79 Å². The summed E-state index contributed by atoms with van der Waals surface area (Å²) in [6.45, 7) is 3.79. The molecule has 3 rings (SSSR count). The summed E-state index contributed by atoms with van der Waals surface area (Å²) in [5.41, 5.74) is 4.15. The van der Waals surface area contributed by atoms with Gasteiger partial charge >= 0.3 is 0 Å². The number of ether oxygens (including phenoxy) is 2. The highest BCUT2D eigenvalue weighted by Crippen LogP contribution is 2.42. The molecule has 2 aromatic carbocycles. The zero-order valence-electron chi connectivity index (χ0n) is 18.2. The summed E-state index contributed by atoms with van der Waals surface area (Å²) in [4.78, 5) is 13.4. The molecule has 6 nitrogen and oxygen atoms in total. The molecule has 2 N–H and O–H groups in total. The zero-order valence-corrected chi connectivity index (χ0v) is 19.0. The van der Waals surface area contributed by atoms with Gasteiger partial charge in [0.25, 0.3) is 5.91 Å². The van der Waals surface area contributed by atoms with Crippen LogP contribution in [0.25, 0.3) is 0 Å². The van der Waals surface area contributed by atoms with E-state index >= 15 is 0 Å². The highest BCUT2D eigenvalue weighted by molar-refractivity contribution is 8.02. The SMILES string of the molecule is COc1ccc(C2C(C#N)=C(SC)NC(C)=C2C(=O)Nc2ccccc2C)cc1OC. The van der Waals surface area contributed by atoms with Gasteiger partial charge in [-0.05, 0) is 49.4 Å². The number of aryl methyl sites for hydroxylation is 1. The predicted octanol–water partition coefficient (Wildman–Crippen LogP) is 4.71. The highest BCUT2D eigenvalue weighted by Gasteiger charge is 2.35. The number of para-hydroxylation sites is 1. The second-order valence-electron chi connectivity index (χ2n) is 7.04. The van der Waals surface area contributed by atoms with Gasteiger partial charge in [0.1, 0.15) is 0 Å². The van der Waals surface area contributed by atoms with Crippen molar-refractivity contribution in [1.29, 1.82) is 5.26 Å². The van der Waals surface area contributed by atoms with Crippen LogP contribution in [-0.4, -0.2) is 26.4 Å². The third-order valence-electron chi connectivity index (χ3n) is 5.23. The molecule has 0 saturated carbocycles. The Hall–Kier alpha value is -3.37. The Morgan fingerprint density at radius 2 is 1.84 bits per heavy atom. The average Bonchev–Trinajstić information content (AvgIpc) is 2.79. The van der Waals surface area contributed by atoms with Crippen LogP contribution in [0.15, 0.2) is 64.3 Å². The van der Waals surface area contributed by atoms with Gasteiger partial charge in [0.15, 0.2) is 11.5 Å². The lowest BCUT2D eigenvalue weighted by atomic mass is 9.82. The number of methoxy groups -OCH3 is 2. The van der Waals surface area contributed by atoms with E-state index in [1.165, 1.54) is 11.8 Å². The summed E-state index contributed by atoms with van der Waals surface area (Å²) in [6.07, 6.45) is 1.90. The quantitative estimate of drug-likeness (QED) is 0.684. The molecule has 0 fully saturated rings. The summed E-state index contributed by atoms with van der Waals surface area (Å²) in [5, 5.41) is 17.0. The van der Waals surface area contributed by atoms with Gasteiger partial charge in [-0.1, -0.05) is 24.3 Å². The molecule has 1 heterocycles. The molecule has 0 spiro atoms. The van der Waals surface area contributed by atoms with Gasteiger partial charge < -0.3 is 20.1 Å². The second kappa shape index (κ2) is 9.63. The maximum absolute atomic E-state index is 13.4. The third-order valence-corrected chi connectivity index (χ3v) is 5.96. The number of carbonyl (C=O) groups is 1. The number of rotatable bonds is 6. The van der Waals surface area contributed by atoms with E-state index in [4.69, 9.17) is 9.47 Å². The lowest BCUT2D eigenvalue weighted by molar-refractivity contribution is -0.113. The minimum absolute atomic E-state index is 0.257. The van der Waals surface area contributed by atoms with Crippen LogP contribution in [0.5, 0.6) is 11.5 Å². The minimum Gasteiger partial charge on any atom is -0.493 e. The Bertz CT molecular complexity index is 1120. The first-order valence-electron chi connectivity index (χ1n) is 9.70. The van der Waals surface area contributed by atoms with Crippen LogP contribution in [0.3, 0.4) is 0 Å². The lowest BCUT2D eigenvalue weighted by Gasteiger charge is -2.30. The Kier molecular flexibility index (Phi) is 6.93. The molecule has 1 aliphatic heterocycles. The number of allylic oxidation sites excluding steroid dienone is 2. The molecular weight excluding hydrogens is 410 g/mol. The van der Waals surface area contributed by atoms with Crippen LogP contribution in [0.4, 0.5) is 5.69 Å². The monoisotopic (exact) mass is 435 g/mol. The lowest BCUT2D eigenvalue weighted by Crippen LogP contribution is -2.30. The molecule has 31 heavy (non-hydrogen) atoms. The topological polar surface area (TPSA) is 83.4 Å². The van der Waals surface area contributed by atoms with Crippen molar-refractivity contribution >= 4 is 23.4 Å². The number of anilines is 1. The molecule has 7 heteroatoms. The van der Waals surface area contributed by atoms with Crippen LogP contribution in [0, 0.1) is 18.3 Å². The fourth-order valence-electron chi connectivity index (χ4n) is 3.64. The number of nitrogens with one attached hydrogen (secondary N) is 2. The fraction of sp³-hybridized carbons (Fsp3) is 0.250. The Balaban J connectivity index is 2.13. The number of nitriles is 1. The molecule has 0 aliphatic carbocycles. The second-order valence-corrected chi connectivity index (χ2v) is 7.86. The molecule has 0 saturated heterocycles. The van der Waals surface area contributed by atoms with E-state index < -0.39 is 5.92 Å². The van der Waals surface area contributed by atoms with Crippen LogP contribution >= 0.6 is 11.8 Å². The van der Waals surface area contributed by atoms with Crippen molar-refractivity contribution in [2.45, 2.75) is 19.8 Å². The Morgan fingerprint density at radius 1 is 1.13 bits per heavy atom. The molecule has 1 amide bonds. The average molecular weight is 436 g/mol. The zero-order chi connectivity index (χ0) is 22.5. The Labute approximate surface area is 186 Å². The third kappa shape index (κ3) is 4.39. The van der Waals surface area contributed by atoms with Crippen molar-refractivity contribution in [3.8, 4) is 17.6 Å². The maximum Gasteiger partial charge on any atom is 0.254 e. The van der Waals surface area contributed by atoms with Gasteiger partial charge in [-0.2, -0.15) is 5.26 Å². The summed E-state index contributed by atoms with van der Waals surface area (Å²) in [7, 11) is 3.13. The van der Waals surface area contributed by atoms with Crippen molar-refractivity contribution in [2.24, 2.45) is 0 Å². The smallest absolute Gasteiger partial charge is 0.254 e. The van der Waals surface area contributed by atoms with E-state index in [-0.39, 0.29) is 5.91 Å². The number of carbonyl (C=O) groups excluding carboxylic acids is 1. The van der Waals surface area contributed by atoms with Crippen molar-refractivity contribution in [2.75, 3.05) is 25.8 Å². The molecular formula is C24H25N3O3S. The maximum atomic E-state index is 13.4. The van der Waals surface area contributed by atoms with E-state index in [1.807, 2.05) is 56.5 Å². The van der Waals surface area contributed by atoms with E-state index in [0.29, 0.717) is 28.3 Å². The Morgan fingerprint density at radius 3 is 2.45 bits per heavy atom. The fourth-order valence-corrected chi connectivity index (χ4v) is 4.28. The van der Waals surface area contributed by atoms with Crippen molar-refractivity contribution < 1.29 is 14.3 Å². The van der Waals surface area contributed by atoms with Crippen LogP contribution in [0.2, 0.25) is 0 Å². The minimum atomic E-state index is -0.544. The number of benzene rings is 2. The number of amides is 1. The normalized spacial score (nSPS) is 15.8. The molecule has 1 atom stereocenters. The molecule has 1 aliphatic rings. The van der Waals surface area contributed by atoms with E-state index in [1.54, 1.807) is 20.3 Å². The molecule has 0 bridgehead atoms. The number of hydrogen-bond donors (Lipinski definition) is 2. The first-order chi connectivity index (χ1) is 14.9.